The van der Waals surface area contributed by atoms with Gasteiger partial charge in [0.15, 0.2) is 11.5 Å². The second kappa shape index (κ2) is 8.30. The number of carbonyl (C=O) groups is 1. The smallest absolute Gasteiger partial charge is 0.259 e. The highest BCUT2D eigenvalue weighted by atomic mass is 16.5. The molecule has 0 bridgehead atoms. The second-order valence-corrected chi connectivity index (χ2v) is 6.96. The summed E-state index contributed by atoms with van der Waals surface area (Å²) in [4.78, 5) is 15.0. The molecule has 2 aromatic rings. The van der Waals surface area contributed by atoms with Gasteiger partial charge in [0.25, 0.3) is 5.91 Å². The molecule has 0 radical (unpaired) electrons. The molecular formula is C23H27NO3. The molecule has 1 aliphatic heterocycles. The molecule has 0 fully saturated rings. The van der Waals surface area contributed by atoms with Crippen LogP contribution in [0.4, 0.5) is 5.69 Å². The lowest BCUT2D eigenvalue weighted by atomic mass is 10.0. The Balaban J connectivity index is 2.01. The summed E-state index contributed by atoms with van der Waals surface area (Å²) in [6.45, 7) is 9.99. The van der Waals surface area contributed by atoms with Gasteiger partial charge in [0.1, 0.15) is 0 Å². The minimum Gasteiger partial charge on any atom is -0.490 e. The van der Waals surface area contributed by atoms with Gasteiger partial charge in [-0.05, 0) is 49.6 Å². The highest BCUT2D eigenvalue weighted by Crippen LogP contribution is 2.39. The van der Waals surface area contributed by atoms with Crippen molar-refractivity contribution in [2.45, 2.75) is 27.7 Å². The zero-order valence-electron chi connectivity index (χ0n) is 16.5. The SMILES string of the molecule is CCOc1ccc(/C=C2\C(=O)N(CC(C)C)c3ccccc32)cc1OCC. The minimum atomic E-state index is 0.0525. The maximum atomic E-state index is 13.1. The first-order valence-corrected chi connectivity index (χ1v) is 9.57. The van der Waals surface area contributed by atoms with Crippen molar-refractivity contribution >= 4 is 23.2 Å². The number of benzene rings is 2. The number of hydrogen-bond donors (Lipinski definition) is 0. The van der Waals surface area contributed by atoms with Crippen LogP contribution >= 0.6 is 0 Å². The van der Waals surface area contributed by atoms with E-state index in [4.69, 9.17) is 9.47 Å². The summed E-state index contributed by atoms with van der Waals surface area (Å²) < 4.78 is 11.3. The topological polar surface area (TPSA) is 38.8 Å². The van der Waals surface area contributed by atoms with Crippen LogP contribution in [0.1, 0.15) is 38.8 Å². The van der Waals surface area contributed by atoms with Gasteiger partial charge >= 0.3 is 0 Å². The third-order valence-electron chi connectivity index (χ3n) is 4.39. The maximum Gasteiger partial charge on any atom is 0.259 e. The molecular weight excluding hydrogens is 338 g/mol. The van der Waals surface area contributed by atoms with Crippen LogP contribution in [0.2, 0.25) is 0 Å². The number of para-hydroxylation sites is 1. The van der Waals surface area contributed by atoms with E-state index in [0.717, 1.165) is 28.1 Å². The van der Waals surface area contributed by atoms with Crippen LogP contribution in [0.15, 0.2) is 42.5 Å². The maximum absolute atomic E-state index is 13.1. The van der Waals surface area contributed by atoms with Crippen LogP contribution in [0.5, 0.6) is 11.5 Å². The Bertz CT molecular complexity index is 854. The number of amides is 1. The molecule has 0 N–H and O–H groups in total. The molecule has 3 rings (SSSR count). The fourth-order valence-electron chi connectivity index (χ4n) is 3.32. The first kappa shape index (κ1) is 19.0. The van der Waals surface area contributed by atoms with E-state index >= 15 is 0 Å². The highest BCUT2D eigenvalue weighted by molar-refractivity contribution is 6.35. The summed E-state index contributed by atoms with van der Waals surface area (Å²) >= 11 is 0. The van der Waals surface area contributed by atoms with Crippen LogP contribution in [0.25, 0.3) is 11.6 Å². The number of hydrogen-bond acceptors (Lipinski definition) is 3. The molecule has 0 saturated carbocycles. The average molecular weight is 365 g/mol. The fraction of sp³-hybridized carbons (Fsp3) is 0.348. The van der Waals surface area contributed by atoms with Crippen LogP contribution in [-0.4, -0.2) is 25.7 Å². The molecule has 1 amide bonds. The summed E-state index contributed by atoms with van der Waals surface area (Å²) in [6, 6.07) is 13.8. The number of fused-ring (bicyclic) bond motifs is 1. The Morgan fingerprint density at radius 3 is 2.41 bits per heavy atom. The predicted molar refractivity (Wildman–Crippen MR) is 110 cm³/mol. The van der Waals surface area contributed by atoms with E-state index in [1.165, 1.54) is 0 Å². The van der Waals surface area contributed by atoms with E-state index in [9.17, 15) is 4.79 Å². The van der Waals surface area contributed by atoms with E-state index in [1.807, 2.05) is 67.3 Å². The van der Waals surface area contributed by atoms with Crippen molar-refractivity contribution in [2.75, 3.05) is 24.7 Å². The molecule has 0 aromatic heterocycles. The molecule has 4 heteroatoms. The Labute approximate surface area is 161 Å². The van der Waals surface area contributed by atoms with Crippen LogP contribution in [-0.2, 0) is 4.79 Å². The predicted octanol–water partition coefficient (Wildman–Crippen LogP) is 5.03. The Kier molecular flexibility index (Phi) is 5.84. The number of anilines is 1. The molecule has 0 spiro atoms. The van der Waals surface area contributed by atoms with Crippen molar-refractivity contribution in [3.05, 3.63) is 53.6 Å². The molecule has 0 atom stereocenters. The van der Waals surface area contributed by atoms with Gasteiger partial charge in [-0.1, -0.05) is 38.1 Å². The van der Waals surface area contributed by atoms with Gasteiger partial charge in [-0.2, -0.15) is 0 Å². The molecule has 1 aliphatic rings. The van der Waals surface area contributed by atoms with Gasteiger partial charge < -0.3 is 14.4 Å². The minimum absolute atomic E-state index is 0.0525. The van der Waals surface area contributed by atoms with Crippen molar-refractivity contribution in [1.82, 2.24) is 0 Å². The Morgan fingerprint density at radius 1 is 1.00 bits per heavy atom. The lowest BCUT2D eigenvalue weighted by Crippen LogP contribution is -2.30. The summed E-state index contributed by atoms with van der Waals surface area (Å²) in [5, 5.41) is 0. The standard InChI is InChI=1S/C23H27NO3/c1-5-26-21-12-11-17(14-22(21)27-6-2)13-19-18-9-7-8-10-20(18)24(23(19)25)15-16(3)4/h7-14,16H,5-6,15H2,1-4H3/b19-13-. The van der Waals surface area contributed by atoms with Crippen molar-refractivity contribution in [3.63, 3.8) is 0 Å². The molecule has 142 valence electrons. The van der Waals surface area contributed by atoms with Crippen LogP contribution in [0.3, 0.4) is 0 Å². The monoisotopic (exact) mass is 365 g/mol. The fourth-order valence-corrected chi connectivity index (χ4v) is 3.32. The Morgan fingerprint density at radius 2 is 1.70 bits per heavy atom. The van der Waals surface area contributed by atoms with Gasteiger partial charge in [0.2, 0.25) is 0 Å². The average Bonchev–Trinajstić information content (AvgIpc) is 2.90. The summed E-state index contributed by atoms with van der Waals surface area (Å²) in [5.74, 6) is 1.88. The first-order chi connectivity index (χ1) is 13.0. The normalized spacial score (nSPS) is 14.8. The lowest BCUT2D eigenvalue weighted by molar-refractivity contribution is -0.113. The van der Waals surface area contributed by atoms with Gasteiger partial charge in [-0.3, -0.25) is 4.79 Å². The van der Waals surface area contributed by atoms with E-state index in [2.05, 4.69) is 13.8 Å². The zero-order valence-corrected chi connectivity index (χ0v) is 16.5. The van der Waals surface area contributed by atoms with Crippen molar-refractivity contribution in [2.24, 2.45) is 5.92 Å². The number of nitrogens with zero attached hydrogens (tertiary/aromatic N) is 1. The number of rotatable bonds is 7. The van der Waals surface area contributed by atoms with Gasteiger partial charge in [-0.15, -0.1) is 0 Å². The van der Waals surface area contributed by atoms with Crippen molar-refractivity contribution < 1.29 is 14.3 Å². The van der Waals surface area contributed by atoms with Crippen LogP contribution < -0.4 is 14.4 Å². The third kappa shape index (κ3) is 4.00. The molecule has 27 heavy (non-hydrogen) atoms. The molecule has 1 heterocycles. The molecule has 2 aromatic carbocycles. The summed E-state index contributed by atoms with van der Waals surface area (Å²) in [5.41, 5.74) is 3.61. The molecule has 0 aliphatic carbocycles. The van der Waals surface area contributed by atoms with E-state index < -0.39 is 0 Å². The lowest BCUT2D eigenvalue weighted by Gasteiger charge is -2.19. The van der Waals surface area contributed by atoms with Crippen LogP contribution in [0, 0.1) is 5.92 Å². The molecule has 0 unspecified atom stereocenters. The first-order valence-electron chi connectivity index (χ1n) is 9.57. The number of ether oxygens (including phenoxy) is 2. The highest BCUT2D eigenvalue weighted by Gasteiger charge is 2.32. The third-order valence-corrected chi connectivity index (χ3v) is 4.39. The van der Waals surface area contributed by atoms with Gasteiger partial charge in [0.05, 0.1) is 18.9 Å². The molecule has 4 nitrogen and oxygen atoms in total. The Hall–Kier alpha value is -2.75. The summed E-state index contributed by atoms with van der Waals surface area (Å²) in [6.07, 6.45) is 1.94. The second-order valence-electron chi connectivity index (χ2n) is 6.96. The number of carbonyl (C=O) groups excluding carboxylic acids is 1. The van der Waals surface area contributed by atoms with E-state index in [0.29, 0.717) is 31.4 Å². The van der Waals surface area contributed by atoms with Crippen molar-refractivity contribution in [3.8, 4) is 11.5 Å². The quantitative estimate of drug-likeness (QED) is 0.646. The van der Waals surface area contributed by atoms with Gasteiger partial charge in [-0.25, -0.2) is 0 Å². The van der Waals surface area contributed by atoms with E-state index in [1.54, 1.807) is 0 Å². The van der Waals surface area contributed by atoms with E-state index in [-0.39, 0.29) is 5.91 Å². The molecule has 0 saturated heterocycles. The van der Waals surface area contributed by atoms with Crippen molar-refractivity contribution in [1.29, 1.82) is 0 Å². The zero-order chi connectivity index (χ0) is 19.4. The van der Waals surface area contributed by atoms with Gasteiger partial charge in [0, 0.05) is 17.7 Å². The largest absolute Gasteiger partial charge is 0.490 e. The summed E-state index contributed by atoms with van der Waals surface area (Å²) in [7, 11) is 0.